The van der Waals surface area contributed by atoms with Crippen molar-refractivity contribution in [3.63, 3.8) is 0 Å². The van der Waals surface area contributed by atoms with Gasteiger partial charge in [-0.1, -0.05) is 18.2 Å². The second-order valence-electron chi connectivity index (χ2n) is 8.17. The number of carbonyl (C=O) groups excluding carboxylic acids is 1. The molecule has 2 N–H and O–H groups in total. The Balaban J connectivity index is 1.50. The van der Waals surface area contributed by atoms with E-state index in [9.17, 15) is 13.2 Å². The minimum atomic E-state index is -3.77. The molecule has 1 amide bonds. The maximum atomic E-state index is 12.8. The van der Waals surface area contributed by atoms with Crippen molar-refractivity contribution in [2.45, 2.75) is 38.6 Å². The highest BCUT2D eigenvalue weighted by Gasteiger charge is 2.17. The summed E-state index contributed by atoms with van der Waals surface area (Å²) in [5.41, 5.74) is 3.83. The number of aromatic nitrogens is 3. The minimum absolute atomic E-state index is 0.104. The molecule has 8 nitrogen and oxygen atoms in total. The smallest absolute Gasteiger partial charge is 0.261 e. The Morgan fingerprint density at radius 3 is 2.30 bits per heavy atom. The molecule has 0 radical (unpaired) electrons. The highest BCUT2D eigenvalue weighted by molar-refractivity contribution is 7.92. The molecule has 9 heteroatoms. The molecule has 170 valence electrons. The standard InChI is InChI=1S/C24H25N5O3S/c1-15(2)29-23-18(14-26-29)12-19(13-25-23)24(30)27-20-8-10-21(11-9-20)33(31,32)28-22-16(3)6-5-7-17(22)4/h5-15,28H,1-4H3,(H,27,30). The van der Waals surface area contributed by atoms with Crippen molar-refractivity contribution in [3.8, 4) is 0 Å². The Labute approximate surface area is 192 Å². The molecule has 0 fully saturated rings. The molecular weight excluding hydrogens is 438 g/mol. The van der Waals surface area contributed by atoms with Crippen LogP contribution in [0.1, 0.15) is 41.4 Å². The van der Waals surface area contributed by atoms with E-state index in [1.54, 1.807) is 29.1 Å². The Hall–Kier alpha value is -3.72. The van der Waals surface area contributed by atoms with Crippen molar-refractivity contribution in [2.75, 3.05) is 10.0 Å². The number of fused-ring (bicyclic) bond motifs is 1. The van der Waals surface area contributed by atoms with Gasteiger partial charge in [0.1, 0.15) is 0 Å². The van der Waals surface area contributed by atoms with Crippen LogP contribution in [0, 0.1) is 13.8 Å². The summed E-state index contributed by atoms with van der Waals surface area (Å²) in [4.78, 5) is 17.2. The first-order valence-electron chi connectivity index (χ1n) is 10.5. The van der Waals surface area contributed by atoms with E-state index in [1.165, 1.54) is 18.3 Å². The average molecular weight is 464 g/mol. The Bertz CT molecular complexity index is 1420. The van der Waals surface area contributed by atoms with E-state index in [0.717, 1.165) is 16.5 Å². The molecule has 0 spiro atoms. The van der Waals surface area contributed by atoms with Gasteiger partial charge in [0.25, 0.3) is 15.9 Å². The fourth-order valence-corrected chi connectivity index (χ4v) is 4.73. The van der Waals surface area contributed by atoms with Crippen LogP contribution in [0.25, 0.3) is 11.0 Å². The highest BCUT2D eigenvalue weighted by atomic mass is 32.2. The quantitative estimate of drug-likeness (QED) is 0.432. The lowest BCUT2D eigenvalue weighted by atomic mass is 10.1. The zero-order valence-electron chi connectivity index (χ0n) is 18.8. The first-order chi connectivity index (χ1) is 15.7. The predicted molar refractivity (Wildman–Crippen MR) is 129 cm³/mol. The monoisotopic (exact) mass is 463 g/mol. The van der Waals surface area contributed by atoms with Crippen LogP contribution in [0.5, 0.6) is 0 Å². The van der Waals surface area contributed by atoms with Crippen LogP contribution < -0.4 is 10.0 Å². The van der Waals surface area contributed by atoms with Crippen molar-refractivity contribution in [3.05, 3.63) is 77.6 Å². The van der Waals surface area contributed by atoms with Crippen molar-refractivity contribution >= 4 is 38.3 Å². The summed E-state index contributed by atoms with van der Waals surface area (Å²) in [6, 6.07) is 13.5. The maximum absolute atomic E-state index is 12.8. The number of anilines is 2. The lowest BCUT2D eigenvalue weighted by Crippen LogP contribution is -2.15. The minimum Gasteiger partial charge on any atom is -0.322 e. The molecule has 4 rings (SSSR count). The molecule has 0 saturated heterocycles. The largest absolute Gasteiger partial charge is 0.322 e. The molecule has 2 heterocycles. The number of aryl methyl sites for hydroxylation is 2. The van der Waals surface area contributed by atoms with Crippen LogP contribution in [-0.4, -0.2) is 29.1 Å². The molecule has 2 aromatic heterocycles. The summed E-state index contributed by atoms with van der Waals surface area (Å²) in [6.07, 6.45) is 3.19. The molecule has 0 aliphatic heterocycles. The maximum Gasteiger partial charge on any atom is 0.261 e. The van der Waals surface area contributed by atoms with Gasteiger partial charge in [-0.15, -0.1) is 0 Å². The van der Waals surface area contributed by atoms with Gasteiger partial charge in [-0.05, 0) is 69.2 Å². The van der Waals surface area contributed by atoms with Crippen molar-refractivity contribution in [1.29, 1.82) is 0 Å². The molecule has 0 aliphatic carbocycles. The molecule has 0 saturated carbocycles. The van der Waals surface area contributed by atoms with Gasteiger partial charge in [-0.2, -0.15) is 5.10 Å². The summed E-state index contributed by atoms with van der Waals surface area (Å²) in [6.45, 7) is 7.72. The fraction of sp³-hybridized carbons (Fsp3) is 0.208. The van der Waals surface area contributed by atoms with E-state index in [0.29, 0.717) is 22.6 Å². The van der Waals surface area contributed by atoms with Gasteiger partial charge in [0.05, 0.1) is 22.3 Å². The fourth-order valence-electron chi connectivity index (χ4n) is 3.53. The van der Waals surface area contributed by atoms with Crippen molar-refractivity contribution in [1.82, 2.24) is 14.8 Å². The first kappa shape index (κ1) is 22.5. The Kier molecular flexibility index (Phi) is 5.90. The molecule has 0 aliphatic rings. The number of hydrogen-bond donors (Lipinski definition) is 2. The molecule has 0 atom stereocenters. The number of para-hydroxylation sites is 1. The molecule has 4 aromatic rings. The van der Waals surface area contributed by atoms with E-state index in [2.05, 4.69) is 20.1 Å². The molecule has 33 heavy (non-hydrogen) atoms. The van der Waals surface area contributed by atoms with Gasteiger partial charge in [0.2, 0.25) is 0 Å². The third-order valence-corrected chi connectivity index (χ3v) is 6.69. The number of amides is 1. The van der Waals surface area contributed by atoms with E-state index in [-0.39, 0.29) is 16.8 Å². The molecular formula is C24H25N5O3S. The number of rotatable bonds is 6. The number of nitrogens with one attached hydrogen (secondary N) is 2. The molecule has 2 aromatic carbocycles. The topological polar surface area (TPSA) is 106 Å². The SMILES string of the molecule is Cc1cccc(C)c1NS(=O)(=O)c1ccc(NC(=O)c2cnc3c(cnn3C(C)C)c2)cc1. The number of pyridine rings is 1. The van der Waals surface area contributed by atoms with Crippen LogP contribution in [-0.2, 0) is 10.0 Å². The van der Waals surface area contributed by atoms with Crippen LogP contribution >= 0.6 is 0 Å². The van der Waals surface area contributed by atoms with Crippen LogP contribution in [0.4, 0.5) is 11.4 Å². The van der Waals surface area contributed by atoms with E-state index in [4.69, 9.17) is 0 Å². The van der Waals surface area contributed by atoms with Gasteiger partial charge >= 0.3 is 0 Å². The van der Waals surface area contributed by atoms with Crippen LogP contribution in [0.3, 0.4) is 0 Å². The normalized spacial score (nSPS) is 11.7. The summed E-state index contributed by atoms with van der Waals surface area (Å²) < 4.78 is 30.1. The summed E-state index contributed by atoms with van der Waals surface area (Å²) in [5, 5.41) is 7.86. The number of hydrogen-bond acceptors (Lipinski definition) is 5. The van der Waals surface area contributed by atoms with Crippen LogP contribution in [0.15, 0.2) is 65.8 Å². The summed E-state index contributed by atoms with van der Waals surface area (Å²) in [7, 11) is -3.77. The molecule has 0 unspecified atom stereocenters. The van der Waals surface area contributed by atoms with Crippen LogP contribution in [0.2, 0.25) is 0 Å². The van der Waals surface area contributed by atoms with E-state index < -0.39 is 10.0 Å². The predicted octanol–water partition coefficient (Wildman–Crippen LogP) is 4.68. The second kappa shape index (κ2) is 8.67. The third-order valence-electron chi connectivity index (χ3n) is 5.32. The number of carbonyl (C=O) groups is 1. The summed E-state index contributed by atoms with van der Waals surface area (Å²) in [5.74, 6) is -0.342. The third kappa shape index (κ3) is 4.58. The molecule has 0 bridgehead atoms. The van der Waals surface area contributed by atoms with Gasteiger partial charge < -0.3 is 5.32 Å². The highest BCUT2D eigenvalue weighted by Crippen LogP contribution is 2.24. The van der Waals surface area contributed by atoms with Crippen molar-refractivity contribution < 1.29 is 13.2 Å². The zero-order valence-corrected chi connectivity index (χ0v) is 19.6. The van der Waals surface area contributed by atoms with Gasteiger partial charge in [-0.3, -0.25) is 9.52 Å². The average Bonchev–Trinajstić information content (AvgIpc) is 3.20. The van der Waals surface area contributed by atoms with E-state index in [1.807, 2.05) is 45.9 Å². The Morgan fingerprint density at radius 2 is 1.67 bits per heavy atom. The first-order valence-corrected chi connectivity index (χ1v) is 12.0. The zero-order chi connectivity index (χ0) is 23.8. The van der Waals surface area contributed by atoms with Gasteiger partial charge in [0.15, 0.2) is 5.65 Å². The van der Waals surface area contributed by atoms with Gasteiger partial charge in [0, 0.05) is 23.3 Å². The number of sulfonamides is 1. The number of benzene rings is 2. The Morgan fingerprint density at radius 1 is 1.00 bits per heavy atom. The van der Waals surface area contributed by atoms with Crippen molar-refractivity contribution in [2.24, 2.45) is 0 Å². The second-order valence-corrected chi connectivity index (χ2v) is 9.85. The summed E-state index contributed by atoms with van der Waals surface area (Å²) >= 11 is 0. The lowest BCUT2D eigenvalue weighted by molar-refractivity contribution is 0.102. The lowest BCUT2D eigenvalue weighted by Gasteiger charge is -2.13. The van der Waals surface area contributed by atoms with E-state index >= 15 is 0 Å². The van der Waals surface area contributed by atoms with Gasteiger partial charge in [-0.25, -0.2) is 18.1 Å². The number of nitrogens with zero attached hydrogens (tertiary/aromatic N) is 3.